The van der Waals surface area contributed by atoms with Gasteiger partial charge >= 0.3 is 17.9 Å². The van der Waals surface area contributed by atoms with Crippen molar-refractivity contribution in [3.8, 4) is 0 Å². The molecule has 0 radical (unpaired) electrons. The number of hydrogen-bond donors (Lipinski definition) is 3. The van der Waals surface area contributed by atoms with E-state index in [9.17, 15) is 14.4 Å². The fourth-order valence-corrected chi connectivity index (χ4v) is 4.35. The molecular weight excluding hydrogens is 422 g/mol. The molecule has 0 unspecified atom stereocenters. The number of unbranched alkanes of at least 4 members (excludes halogenated alkanes) is 8. The molecule has 3 N–H and O–H groups in total. The number of carbonyl (C=O) groups is 3. The van der Waals surface area contributed by atoms with E-state index in [1.165, 1.54) is 51.4 Å². The van der Waals surface area contributed by atoms with Gasteiger partial charge in [0.15, 0.2) is 0 Å². The maximum absolute atomic E-state index is 11.0. The van der Waals surface area contributed by atoms with E-state index in [1.807, 2.05) is 0 Å². The molecule has 0 spiro atoms. The first-order valence-electron chi connectivity index (χ1n) is 13.0. The zero-order valence-corrected chi connectivity index (χ0v) is 20.8. The Morgan fingerprint density at radius 3 is 1.36 bits per heavy atom. The van der Waals surface area contributed by atoms with Crippen LogP contribution in [0.25, 0.3) is 0 Å². The molecule has 7 nitrogen and oxygen atoms in total. The largest absolute Gasteiger partial charge is 0.481 e. The van der Waals surface area contributed by atoms with Crippen molar-refractivity contribution in [2.45, 2.75) is 110 Å². The first-order chi connectivity index (χ1) is 15.8. The number of nitrogens with zero attached hydrogens (tertiary/aromatic N) is 1. The van der Waals surface area contributed by atoms with E-state index in [2.05, 4.69) is 19.1 Å². The summed E-state index contributed by atoms with van der Waals surface area (Å²) < 4.78 is 0.593. The topological polar surface area (TPSA) is 112 Å². The molecule has 0 aromatic carbocycles. The van der Waals surface area contributed by atoms with E-state index in [1.54, 1.807) is 0 Å². The van der Waals surface area contributed by atoms with Crippen molar-refractivity contribution in [3.63, 3.8) is 0 Å². The van der Waals surface area contributed by atoms with Gasteiger partial charge in [0, 0.05) is 25.7 Å². The Kier molecular flexibility index (Phi) is 19.5. The van der Waals surface area contributed by atoms with E-state index in [-0.39, 0.29) is 19.3 Å². The smallest absolute Gasteiger partial charge is 0.303 e. The Labute approximate surface area is 200 Å². The van der Waals surface area contributed by atoms with Crippen molar-refractivity contribution >= 4 is 17.9 Å². The van der Waals surface area contributed by atoms with E-state index in [0.29, 0.717) is 43.4 Å². The second-order valence-corrected chi connectivity index (χ2v) is 9.25. The second kappa shape index (κ2) is 20.7. The maximum Gasteiger partial charge on any atom is 0.303 e. The third-order valence-corrected chi connectivity index (χ3v) is 6.23. The average molecular weight is 471 g/mol. The van der Waals surface area contributed by atoms with Gasteiger partial charge in [-0.15, -0.1) is 0 Å². The number of carboxylic acid groups (broad SMARTS) is 3. The fraction of sp³-hybridized carbons (Fsp3) is 0.808. The lowest BCUT2D eigenvalue weighted by Gasteiger charge is -2.39. The van der Waals surface area contributed by atoms with E-state index < -0.39 is 17.9 Å². The maximum atomic E-state index is 11.0. The molecule has 0 aliphatic carbocycles. The number of carboxylic acids is 3. The lowest BCUT2D eigenvalue weighted by atomic mass is 10.1. The lowest BCUT2D eigenvalue weighted by molar-refractivity contribution is -0.928. The number of rotatable bonds is 24. The molecule has 192 valence electrons. The van der Waals surface area contributed by atoms with Gasteiger partial charge in [-0.1, -0.05) is 64.0 Å². The van der Waals surface area contributed by atoms with Crippen molar-refractivity contribution in [2.24, 2.45) is 0 Å². The SMILES string of the molecule is CCCCCCCCCC/C=C/CC[N+](CCCC(=O)O)(CCCC(=O)O)CCCC(=O)O. The van der Waals surface area contributed by atoms with Crippen LogP contribution in [0.15, 0.2) is 12.2 Å². The third kappa shape index (κ3) is 20.4. The molecule has 0 heterocycles. The van der Waals surface area contributed by atoms with Gasteiger partial charge in [-0.3, -0.25) is 14.4 Å². The van der Waals surface area contributed by atoms with Gasteiger partial charge in [0.05, 0.1) is 45.4 Å². The van der Waals surface area contributed by atoms with Crippen LogP contribution in [0, 0.1) is 0 Å². The monoisotopic (exact) mass is 470 g/mol. The first-order valence-corrected chi connectivity index (χ1v) is 13.0. The van der Waals surface area contributed by atoms with Gasteiger partial charge in [-0.2, -0.15) is 0 Å². The van der Waals surface area contributed by atoms with Gasteiger partial charge in [0.2, 0.25) is 0 Å². The van der Waals surface area contributed by atoms with Crippen LogP contribution in [-0.4, -0.2) is 63.9 Å². The van der Waals surface area contributed by atoms with E-state index >= 15 is 0 Å². The zero-order chi connectivity index (χ0) is 24.8. The third-order valence-electron chi connectivity index (χ3n) is 6.23. The summed E-state index contributed by atoms with van der Waals surface area (Å²) in [6.45, 7) is 4.93. The van der Waals surface area contributed by atoms with Crippen molar-refractivity contribution in [1.82, 2.24) is 0 Å². The minimum atomic E-state index is -0.838. The van der Waals surface area contributed by atoms with Gasteiger partial charge in [0.25, 0.3) is 0 Å². The number of allylic oxidation sites excluding steroid dienone is 1. The summed E-state index contributed by atoms with van der Waals surface area (Å²) in [6, 6.07) is 0. The number of hydrogen-bond acceptors (Lipinski definition) is 3. The molecule has 0 amide bonds. The Morgan fingerprint density at radius 1 is 0.545 bits per heavy atom. The fourth-order valence-electron chi connectivity index (χ4n) is 4.35. The Morgan fingerprint density at radius 2 is 0.939 bits per heavy atom. The predicted octanol–water partition coefficient (Wildman–Crippen LogP) is 5.87. The van der Waals surface area contributed by atoms with Crippen molar-refractivity contribution < 1.29 is 34.2 Å². The van der Waals surface area contributed by atoms with Gasteiger partial charge in [0.1, 0.15) is 0 Å². The summed E-state index contributed by atoms with van der Waals surface area (Å²) in [5, 5.41) is 27.1. The summed E-state index contributed by atoms with van der Waals surface area (Å²) in [5.41, 5.74) is 0. The molecule has 33 heavy (non-hydrogen) atoms. The highest BCUT2D eigenvalue weighted by atomic mass is 16.4. The molecule has 0 atom stereocenters. The molecule has 0 aromatic heterocycles. The van der Waals surface area contributed by atoms with Crippen LogP contribution in [0.3, 0.4) is 0 Å². The second-order valence-electron chi connectivity index (χ2n) is 9.25. The Balaban J connectivity index is 4.61. The van der Waals surface area contributed by atoms with Gasteiger partial charge < -0.3 is 19.8 Å². The lowest BCUT2D eigenvalue weighted by Crippen LogP contribution is -2.51. The van der Waals surface area contributed by atoms with Crippen LogP contribution < -0.4 is 0 Å². The minimum Gasteiger partial charge on any atom is -0.481 e. The van der Waals surface area contributed by atoms with Gasteiger partial charge in [-0.05, 0) is 12.8 Å². The molecule has 0 aliphatic heterocycles. The highest BCUT2D eigenvalue weighted by molar-refractivity contribution is 5.67. The molecule has 0 bridgehead atoms. The van der Waals surface area contributed by atoms with Gasteiger partial charge in [-0.25, -0.2) is 0 Å². The van der Waals surface area contributed by atoms with E-state index in [0.717, 1.165) is 19.4 Å². The van der Waals surface area contributed by atoms with Crippen molar-refractivity contribution in [1.29, 1.82) is 0 Å². The number of quaternary nitrogens is 1. The normalized spacial score (nSPS) is 11.8. The molecule has 0 saturated carbocycles. The van der Waals surface area contributed by atoms with E-state index in [4.69, 9.17) is 15.3 Å². The molecule has 0 fully saturated rings. The summed E-state index contributed by atoms with van der Waals surface area (Å²) in [6.07, 6.45) is 18.5. The summed E-state index contributed by atoms with van der Waals surface area (Å²) >= 11 is 0. The molecule has 0 aliphatic rings. The predicted molar refractivity (Wildman–Crippen MR) is 131 cm³/mol. The Bertz CT molecular complexity index is 511. The first kappa shape index (κ1) is 31.1. The van der Waals surface area contributed by atoms with Crippen LogP contribution in [0.2, 0.25) is 0 Å². The van der Waals surface area contributed by atoms with Crippen LogP contribution in [-0.2, 0) is 14.4 Å². The van der Waals surface area contributed by atoms with Crippen molar-refractivity contribution in [2.75, 3.05) is 26.2 Å². The Hall–Kier alpha value is -1.89. The molecule has 0 saturated heterocycles. The quantitative estimate of drug-likeness (QED) is 0.0923. The molecule has 0 aromatic rings. The molecular formula is C26H48NO6+. The standard InChI is InChI=1S/C26H47NO6/c1-2-3-4-5-6-7-8-9-10-11-12-13-20-27(21-14-17-24(28)29,22-15-18-25(30)31)23-16-19-26(32)33/h11-12H,2-10,13-23H2,1H3,(H2-,28,29,30,31,32,33)/p+1/b12-11+. The van der Waals surface area contributed by atoms with Crippen LogP contribution in [0.4, 0.5) is 0 Å². The van der Waals surface area contributed by atoms with Crippen LogP contribution in [0.5, 0.6) is 0 Å². The average Bonchev–Trinajstić information content (AvgIpc) is 2.73. The zero-order valence-electron chi connectivity index (χ0n) is 20.8. The minimum absolute atomic E-state index is 0.0755. The highest BCUT2D eigenvalue weighted by Crippen LogP contribution is 2.17. The molecule has 7 heteroatoms. The highest BCUT2D eigenvalue weighted by Gasteiger charge is 2.26. The summed E-state index contributed by atoms with van der Waals surface area (Å²) in [7, 11) is 0. The summed E-state index contributed by atoms with van der Waals surface area (Å²) in [4.78, 5) is 33.0. The van der Waals surface area contributed by atoms with Crippen molar-refractivity contribution in [3.05, 3.63) is 12.2 Å². The molecule has 0 rings (SSSR count). The van der Waals surface area contributed by atoms with Crippen LogP contribution >= 0.6 is 0 Å². The number of aliphatic carboxylic acids is 3. The summed E-state index contributed by atoms with van der Waals surface area (Å²) in [5.74, 6) is -2.52. The van der Waals surface area contributed by atoms with Crippen LogP contribution in [0.1, 0.15) is 110 Å².